The van der Waals surface area contributed by atoms with Crippen molar-refractivity contribution < 1.29 is 18.0 Å². The van der Waals surface area contributed by atoms with E-state index in [1.807, 2.05) is 91.0 Å². The summed E-state index contributed by atoms with van der Waals surface area (Å²) in [5.74, 6) is -0.738. The molecule has 1 unspecified atom stereocenters. The Bertz CT molecular complexity index is 1250. The van der Waals surface area contributed by atoms with E-state index in [-0.39, 0.29) is 25.5 Å². The second-order valence-corrected chi connectivity index (χ2v) is 11.3. The van der Waals surface area contributed by atoms with Crippen molar-refractivity contribution in [1.82, 2.24) is 14.5 Å². The Morgan fingerprint density at radius 3 is 1.84 bits per heavy atom. The quantitative estimate of drug-likeness (QED) is 0.308. The van der Waals surface area contributed by atoms with Gasteiger partial charge in [-0.05, 0) is 23.1 Å². The second-order valence-electron chi connectivity index (χ2n) is 9.34. The number of carbonyl (C=O) groups is 2. The van der Waals surface area contributed by atoms with E-state index in [0.717, 1.165) is 41.0 Å². The molecule has 1 atom stereocenters. The maximum Gasteiger partial charge on any atom is 0.247 e. The Labute approximate surface area is 226 Å². The van der Waals surface area contributed by atoms with E-state index in [1.165, 1.54) is 4.90 Å². The third-order valence-electron chi connectivity index (χ3n) is 6.25. The third kappa shape index (κ3) is 8.82. The number of hydrogen-bond acceptors (Lipinski definition) is 4. The Morgan fingerprint density at radius 1 is 0.789 bits per heavy atom. The molecule has 1 N–H and O–H groups in total. The summed E-state index contributed by atoms with van der Waals surface area (Å²) in [6, 6.07) is 26.8. The summed E-state index contributed by atoms with van der Waals surface area (Å²) in [7, 11) is -3.71. The Morgan fingerprint density at radius 2 is 1.32 bits per heavy atom. The molecule has 3 rings (SSSR count). The van der Waals surface area contributed by atoms with Gasteiger partial charge in [0, 0.05) is 19.6 Å². The third-order valence-corrected chi connectivity index (χ3v) is 7.45. The van der Waals surface area contributed by atoms with Crippen LogP contribution >= 0.6 is 0 Å². The highest BCUT2D eigenvalue weighted by Crippen LogP contribution is 2.25. The topological polar surface area (TPSA) is 86.8 Å². The Balaban J connectivity index is 1.96. The van der Waals surface area contributed by atoms with E-state index >= 15 is 0 Å². The van der Waals surface area contributed by atoms with Crippen LogP contribution in [0.25, 0.3) is 0 Å². The van der Waals surface area contributed by atoms with Gasteiger partial charge in [0.1, 0.15) is 6.04 Å². The van der Waals surface area contributed by atoms with Gasteiger partial charge in [-0.3, -0.25) is 9.59 Å². The van der Waals surface area contributed by atoms with Crippen LogP contribution in [0.1, 0.15) is 48.9 Å². The fraction of sp³-hybridized carbons (Fsp3) is 0.333. The molecule has 0 radical (unpaired) electrons. The van der Waals surface area contributed by atoms with Gasteiger partial charge < -0.3 is 10.2 Å². The van der Waals surface area contributed by atoms with E-state index in [9.17, 15) is 18.0 Å². The second kappa shape index (κ2) is 14.4. The van der Waals surface area contributed by atoms with E-state index in [1.54, 1.807) is 0 Å². The highest BCUT2D eigenvalue weighted by atomic mass is 32.2. The predicted octanol–water partition coefficient (Wildman–Crippen LogP) is 4.52. The minimum absolute atomic E-state index is 0.0593. The number of hydrogen-bond donors (Lipinski definition) is 1. The zero-order chi connectivity index (χ0) is 27.4. The first-order valence-electron chi connectivity index (χ1n) is 12.9. The summed E-state index contributed by atoms with van der Waals surface area (Å²) in [6.45, 7) is 2.44. The SMILES string of the molecule is CCCCCNC(=O)C(c1ccccc1)N(Cc1ccccc1)C(=O)CN(Cc1ccccc1)S(C)(=O)=O. The first kappa shape index (κ1) is 29.1. The molecule has 0 bridgehead atoms. The van der Waals surface area contributed by atoms with Gasteiger partial charge in [0.2, 0.25) is 21.8 Å². The molecule has 3 aromatic rings. The van der Waals surface area contributed by atoms with Gasteiger partial charge in [-0.15, -0.1) is 0 Å². The molecule has 0 heterocycles. The highest BCUT2D eigenvalue weighted by Gasteiger charge is 2.33. The molecular formula is C30H37N3O4S. The van der Waals surface area contributed by atoms with Crippen LogP contribution < -0.4 is 5.32 Å². The van der Waals surface area contributed by atoms with Crippen molar-refractivity contribution in [1.29, 1.82) is 0 Å². The smallest absolute Gasteiger partial charge is 0.247 e. The lowest BCUT2D eigenvalue weighted by Gasteiger charge is -2.33. The molecular weight excluding hydrogens is 498 g/mol. The number of sulfonamides is 1. The van der Waals surface area contributed by atoms with Crippen molar-refractivity contribution in [3.05, 3.63) is 108 Å². The average molecular weight is 536 g/mol. The molecule has 0 aliphatic rings. The number of benzene rings is 3. The van der Waals surface area contributed by atoms with Crippen molar-refractivity contribution in [3.8, 4) is 0 Å². The first-order chi connectivity index (χ1) is 18.3. The largest absolute Gasteiger partial charge is 0.354 e. The van der Waals surface area contributed by atoms with Crippen LogP contribution in [-0.4, -0.2) is 48.8 Å². The molecule has 0 fully saturated rings. The molecule has 0 saturated heterocycles. The molecule has 7 nitrogen and oxygen atoms in total. The van der Waals surface area contributed by atoms with E-state index in [0.29, 0.717) is 12.1 Å². The lowest BCUT2D eigenvalue weighted by Crippen LogP contribution is -2.47. The van der Waals surface area contributed by atoms with Gasteiger partial charge in [-0.2, -0.15) is 4.31 Å². The number of nitrogens with one attached hydrogen (secondary N) is 1. The zero-order valence-electron chi connectivity index (χ0n) is 22.1. The van der Waals surface area contributed by atoms with Crippen LogP contribution in [0.5, 0.6) is 0 Å². The Kier molecular flexibility index (Phi) is 11.1. The maximum absolute atomic E-state index is 13.9. The standard InChI is InChI=1S/C30H37N3O4S/c1-3-4-14-21-31-30(35)29(27-19-12-7-13-20-27)33(23-26-17-10-6-11-18-26)28(34)24-32(38(2,36)37)22-25-15-8-5-9-16-25/h5-13,15-20,29H,3-4,14,21-24H2,1-2H3,(H,31,35). The molecule has 38 heavy (non-hydrogen) atoms. The maximum atomic E-state index is 13.9. The van der Waals surface area contributed by atoms with Crippen molar-refractivity contribution in [2.45, 2.75) is 45.3 Å². The molecule has 202 valence electrons. The number of amides is 2. The first-order valence-corrected chi connectivity index (χ1v) is 14.8. The number of carbonyl (C=O) groups excluding carboxylic acids is 2. The van der Waals surface area contributed by atoms with E-state index < -0.39 is 22.0 Å². The summed E-state index contributed by atoms with van der Waals surface area (Å²) in [4.78, 5) is 29.0. The Hall–Kier alpha value is -3.49. The monoisotopic (exact) mass is 535 g/mol. The lowest BCUT2D eigenvalue weighted by atomic mass is 10.0. The summed E-state index contributed by atoms with van der Waals surface area (Å²) in [5, 5.41) is 3.00. The number of unbranched alkanes of at least 4 members (excludes halogenated alkanes) is 2. The average Bonchev–Trinajstić information content (AvgIpc) is 2.91. The van der Waals surface area contributed by atoms with Crippen LogP contribution in [0.15, 0.2) is 91.0 Å². The molecule has 0 aliphatic carbocycles. The van der Waals surface area contributed by atoms with Crippen LogP contribution in [0.4, 0.5) is 0 Å². The molecule has 3 aromatic carbocycles. The number of rotatable bonds is 14. The molecule has 2 amide bonds. The number of nitrogens with zero attached hydrogens (tertiary/aromatic N) is 2. The van der Waals surface area contributed by atoms with Crippen molar-refractivity contribution in [2.24, 2.45) is 0 Å². The molecule has 0 aliphatic heterocycles. The summed E-state index contributed by atoms with van der Waals surface area (Å²) in [5.41, 5.74) is 2.28. The van der Waals surface area contributed by atoms with Gasteiger partial charge >= 0.3 is 0 Å². The van der Waals surface area contributed by atoms with Gasteiger partial charge in [0.25, 0.3) is 0 Å². The van der Waals surface area contributed by atoms with Gasteiger partial charge in [-0.1, -0.05) is 111 Å². The molecule has 0 spiro atoms. The van der Waals surface area contributed by atoms with Crippen molar-refractivity contribution in [2.75, 3.05) is 19.3 Å². The fourth-order valence-electron chi connectivity index (χ4n) is 4.21. The normalized spacial score (nSPS) is 12.2. The van der Waals surface area contributed by atoms with Gasteiger partial charge in [0.15, 0.2) is 0 Å². The van der Waals surface area contributed by atoms with Crippen LogP contribution in [0.3, 0.4) is 0 Å². The van der Waals surface area contributed by atoms with Crippen LogP contribution in [0, 0.1) is 0 Å². The molecule has 0 aromatic heterocycles. The summed E-state index contributed by atoms with van der Waals surface area (Å²) >= 11 is 0. The van der Waals surface area contributed by atoms with E-state index in [2.05, 4.69) is 12.2 Å². The zero-order valence-corrected chi connectivity index (χ0v) is 22.9. The van der Waals surface area contributed by atoms with Crippen molar-refractivity contribution in [3.63, 3.8) is 0 Å². The van der Waals surface area contributed by atoms with Crippen LogP contribution in [0.2, 0.25) is 0 Å². The summed E-state index contributed by atoms with van der Waals surface area (Å²) in [6.07, 6.45) is 3.96. The van der Waals surface area contributed by atoms with Crippen LogP contribution in [-0.2, 0) is 32.7 Å². The van der Waals surface area contributed by atoms with Gasteiger partial charge in [-0.25, -0.2) is 8.42 Å². The molecule has 8 heteroatoms. The van der Waals surface area contributed by atoms with Crippen molar-refractivity contribution >= 4 is 21.8 Å². The minimum Gasteiger partial charge on any atom is -0.354 e. The van der Waals surface area contributed by atoms with E-state index in [4.69, 9.17) is 0 Å². The fourth-order valence-corrected chi connectivity index (χ4v) is 4.94. The molecule has 0 saturated carbocycles. The predicted molar refractivity (Wildman–Crippen MR) is 150 cm³/mol. The minimum atomic E-state index is -3.71. The lowest BCUT2D eigenvalue weighted by molar-refractivity contribution is -0.141. The van der Waals surface area contributed by atoms with Gasteiger partial charge in [0.05, 0.1) is 12.8 Å². The highest BCUT2D eigenvalue weighted by molar-refractivity contribution is 7.88. The summed E-state index contributed by atoms with van der Waals surface area (Å²) < 4.78 is 26.6.